The van der Waals surface area contributed by atoms with Crippen molar-refractivity contribution in [3.8, 4) is 0 Å². The summed E-state index contributed by atoms with van der Waals surface area (Å²) in [5, 5.41) is 3.13. The number of nitrogens with two attached hydrogens (primary N) is 1. The number of amides is 2. The Bertz CT molecular complexity index is 310. The SMILES string of the molecule is NC(=O)CN(C(=O)C1COCCN1)C1CCCC1. The Hall–Kier alpha value is -1.14. The average Bonchev–Trinajstić information content (AvgIpc) is 2.89. The molecule has 1 aliphatic heterocycles. The van der Waals surface area contributed by atoms with E-state index in [0.29, 0.717) is 19.8 Å². The topological polar surface area (TPSA) is 84.7 Å². The van der Waals surface area contributed by atoms with E-state index in [4.69, 9.17) is 10.5 Å². The van der Waals surface area contributed by atoms with Gasteiger partial charge in [0, 0.05) is 12.6 Å². The van der Waals surface area contributed by atoms with E-state index in [1.807, 2.05) is 0 Å². The first kappa shape index (κ1) is 13.3. The lowest BCUT2D eigenvalue weighted by molar-refractivity contribution is -0.141. The third-order valence-corrected chi connectivity index (χ3v) is 3.59. The summed E-state index contributed by atoms with van der Waals surface area (Å²) < 4.78 is 5.29. The second kappa shape index (κ2) is 6.15. The first-order valence-corrected chi connectivity index (χ1v) is 6.58. The molecule has 2 amide bonds. The van der Waals surface area contributed by atoms with Crippen LogP contribution in [0.2, 0.25) is 0 Å². The van der Waals surface area contributed by atoms with Crippen LogP contribution in [0.3, 0.4) is 0 Å². The van der Waals surface area contributed by atoms with Crippen LogP contribution in [0.5, 0.6) is 0 Å². The van der Waals surface area contributed by atoms with Gasteiger partial charge in [0.2, 0.25) is 11.8 Å². The van der Waals surface area contributed by atoms with Gasteiger partial charge in [-0.05, 0) is 12.8 Å². The molecule has 6 nitrogen and oxygen atoms in total. The maximum atomic E-state index is 12.4. The monoisotopic (exact) mass is 255 g/mol. The van der Waals surface area contributed by atoms with E-state index < -0.39 is 5.91 Å². The molecule has 1 unspecified atom stereocenters. The number of morpholine rings is 1. The normalized spacial score (nSPS) is 25.0. The molecule has 1 saturated carbocycles. The second-order valence-electron chi connectivity index (χ2n) is 4.95. The molecule has 0 bridgehead atoms. The van der Waals surface area contributed by atoms with E-state index in [0.717, 1.165) is 25.7 Å². The van der Waals surface area contributed by atoms with Crippen molar-refractivity contribution in [1.29, 1.82) is 0 Å². The molecule has 1 saturated heterocycles. The van der Waals surface area contributed by atoms with Gasteiger partial charge in [-0.3, -0.25) is 9.59 Å². The van der Waals surface area contributed by atoms with E-state index in [2.05, 4.69) is 5.32 Å². The van der Waals surface area contributed by atoms with Crippen molar-refractivity contribution in [3.05, 3.63) is 0 Å². The summed E-state index contributed by atoms with van der Waals surface area (Å²) in [5.41, 5.74) is 5.24. The van der Waals surface area contributed by atoms with Crippen LogP contribution in [0.1, 0.15) is 25.7 Å². The van der Waals surface area contributed by atoms with Crippen molar-refractivity contribution in [3.63, 3.8) is 0 Å². The summed E-state index contributed by atoms with van der Waals surface area (Å²) in [4.78, 5) is 25.2. The van der Waals surface area contributed by atoms with Gasteiger partial charge in [-0.15, -0.1) is 0 Å². The molecule has 3 N–H and O–H groups in total. The number of primary amides is 1. The summed E-state index contributed by atoms with van der Waals surface area (Å²) >= 11 is 0. The number of carbonyl (C=O) groups is 2. The van der Waals surface area contributed by atoms with Crippen LogP contribution in [0, 0.1) is 0 Å². The van der Waals surface area contributed by atoms with Gasteiger partial charge < -0.3 is 20.7 Å². The molecule has 2 fully saturated rings. The van der Waals surface area contributed by atoms with Gasteiger partial charge in [0.05, 0.1) is 19.8 Å². The molecule has 102 valence electrons. The van der Waals surface area contributed by atoms with E-state index in [9.17, 15) is 9.59 Å². The highest BCUT2D eigenvalue weighted by Crippen LogP contribution is 2.24. The van der Waals surface area contributed by atoms with Gasteiger partial charge in [-0.25, -0.2) is 0 Å². The minimum atomic E-state index is -0.452. The lowest BCUT2D eigenvalue weighted by Gasteiger charge is -2.33. The van der Waals surface area contributed by atoms with Gasteiger partial charge in [0.25, 0.3) is 0 Å². The summed E-state index contributed by atoms with van der Waals surface area (Å²) in [6, 6.07) is -0.174. The van der Waals surface area contributed by atoms with Gasteiger partial charge in [-0.2, -0.15) is 0 Å². The molecule has 2 aliphatic rings. The highest BCUT2D eigenvalue weighted by Gasteiger charge is 2.33. The number of nitrogens with one attached hydrogen (secondary N) is 1. The quantitative estimate of drug-likeness (QED) is 0.691. The molecule has 1 aliphatic carbocycles. The molecule has 0 aromatic carbocycles. The van der Waals surface area contributed by atoms with Crippen molar-refractivity contribution in [1.82, 2.24) is 10.2 Å². The van der Waals surface area contributed by atoms with E-state index >= 15 is 0 Å². The molecule has 18 heavy (non-hydrogen) atoms. The zero-order valence-corrected chi connectivity index (χ0v) is 10.6. The lowest BCUT2D eigenvalue weighted by atomic mass is 10.1. The van der Waals surface area contributed by atoms with Crippen LogP contribution in [-0.4, -0.2) is 55.1 Å². The third-order valence-electron chi connectivity index (χ3n) is 3.59. The molecule has 1 heterocycles. The number of carbonyl (C=O) groups excluding carboxylic acids is 2. The summed E-state index contributed by atoms with van der Waals surface area (Å²) in [7, 11) is 0. The number of rotatable bonds is 4. The Balaban J connectivity index is 2.01. The van der Waals surface area contributed by atoms with Crippen molar-refractivity contribution >= 4 is 11.8 Å². The Labute approximate surface area is 107 Å². The highest BCUT2D eigenvalue weighted by atomic mass is 16.5. The van der Waals surface area contributed by atoms with Crippen LogP contribution < -0.4 is 11.1 Å². The first-order valence-electron chi connectivity index (χ1n) is 6.58. The van der Waals surface area contributed by atoms with E-state index in [-0.39, 0.29) is 24.5 Å². The fraction of sp³-hybridized carbons (Fsp3) is 0.833. The average molecular weight is 255 g/mol. The lowest BCUT2D eigenvalue weighted by Crippen LogP contribution is -2.56. The molecule has 1 atom stereocenters. The van der Waals surface area contributed by atoms with Crippen LogP contribution in [0.15, 0.2) is 0 Å². The van der Waals surface area contributed by atoms with Gasteiger partial charge in [-0.1, -0.05) is 12.8 Å². The Kier molecular flexibility index (Phi) is 4.54. The molecule has 2 rings (SSSR count). The van der Waals surface area contributed by atoms with Crippen molar-refractivity contribution in [2.24, 2.45) is 5.73 Å². The van der Waals surface area contributed by atoms with Gasteiger partial charge in [0.1, 0.15) is 6.04 Å². The third kappa shape index (κ3) is 3.20. The second-order valence-corrected chi connectivity index (χ2v) is 4.95. The minimum absolute atomic E-state index is 0.0156. The molecule has 6 heteroatoms. The first-order chi connectivity index (χ1) is 8.68. The Morgan fingerprint density at radius 2 is 2.06 bits per heavy atom. The summed E-state index contributed by atoms with van der Waals surface area (Å²) in [5.74, 6) is -0.507. The Morgan fingerprint density at radius 1 is 1.33 bits per heavy atom. The summed E-state index contributed by atoms with van der Waals surface area (Å²) in [6.07, 6.45) is 4.16. The molecule has 0 spiro atoms. The summed E-state index contributed by atoms with van der Waals surface area (Å²) in [6.45, 7) is 1.69. The number of nitrogens with zero attached hydrogens (tertiary/aromatic N) is 1. The minimum Gasteiger partial charge on any atom is -0.378 e. The van der Waals surface area contributed by atoms with Crippen molar-refractivity contribution in [2.45, 2.75) is 37.8 Å². The van der Waals surface area contributed by atoms with Gasteiger partial charge in [0.15, 0.2) is 0 Å². The number of hydrogen-bond acceptors (Lipinski definition) is 4. The zero-order chi connectivity index (χ0) is 13.0. The van der Waals surface area contributed by atoms with Crippen molar-refractivity contribution < 1.29 is 14.3 Å². The van der Waals surface area contributed by atoms with Crippen molar-refractivity contribution in [2.75, 3.05) is 26.3 Å². The molecule has 0 aromatic rings. The predicted octanol–water partition coefficient (Wildman–Crippen LogP) is -0.769. The van der Waals surface area contributed by atoms with Crippen LogP contribution in [0.25, 0.3) is 0 Å². The van der Waals surface area contributed by atoms with E-state index in [1.165, 1.54) is 0 Å². The predicted molar refractivity (Wildman–Crippen MR) is 65.8 cm³/mol. The zero-order valence-electron chi connectivity index (χ0n) is 10.6. The standard InChI is InChI=1S/C12H21N3O3/c13-11(16)7-15(9-3-1-2-4-9)12(17)10-8-18-6-5-14-10/h9-10,14H,1-8H2,(H2,13,16). The maximum absolute atomic E-state index is 12.4. The molecular weight excluding hydrogens is 234 g/mol. The van der Waals surface area contributed by atoms with Crippen LogP contribution in [-0.2, 0) is 14.3 Å². The smallest absolute Gasteiger partial charge is 0.242 e. The molecular formula is C12H21N3O3. The molecule has 0 radical (unpaired) electrons. The highest BCUT2D eigenvalue weighted by molar-refractivity contribution is 5.87. The maximum Gasteiger partial charge on any atom is 0.242 e. The largest absolute Gasteiger partial charge is 0.378 e. The van der Waals surface area contributed by atoms with Crippen LogP contribution in [0.4, 0.5) is 0 Å². The van der Waals surface area contributed by atoms with Crippen LogP contribution >= 0.6 is 0 Å². The number of hydrogen-bond donors (Lipinski definition) is 2. The van der Waals surface area contributed by atoms with Gasteiger partial charge >= 0.3 is 0 Å². The Morgan fingerprint density at radius 3 is 2.61 bits per heavy atom. The fourth-order valence-corrected chi connectivity index (χ4v) is 2.69. The van der Waals surface area contributed by atoms with E-state index in [1.54, 1.807) is 4.90 Å². The molecule has 0 aromatic heterocycles. The fourth-order valence-electron chi connectivity index (χ4n) is 2.69. The number of ether oxygens (including phenoxy) is 1.